The molecule has 1 aromatic rings. The van der Waals surface area contributed by atoms with Crippen LogP contribution in [0.2, 0.25) is 0 Å². The summed E-state index contributed by atoms with van der Waals surface area (Å²) in [5, 5.41) is 8.87. The number of rotatable bonds is 2. The van der Waals surface area contributed by atoms with E-state index in [9.17, 15) is 9.18 Å². The van der Waals surface area contributed by atoms with Gasteiger partial charge in [-0.15, -0.1) is 0 Å². The van der Waals surface area contributed by atoms with Crippen LogP contribution in [0.5, 0.6) is 0 Å². The van der Waals surface area contributed by atoms with Gasteiger partial charge in [-0.05, 0) is 24.6 Å². The van der Waals surface area contributed by atoms with Gasteiger partial charge in [-0.2, -0.15) is 0 Å². The van der Waals surface area contributed by atoms with Gasteiger partial charge in [0.05, 0.1) is 18.8 Å². The van der Waals surface area contributed by atoms with Gasteiger partial charge in [-0.25, -0.2) is 9.18 Å². The molecule has 1 aliphatic heterocycles. The lowest BCUT2D eigenvalue weighted by atomic mass is 10.2. The molecule has 5 heteroatoms. The molecule has 1 aliphatic rings. The Labute approximate surface area is 106 Å². The Morgan fingerprint density at radius 1 is 1.50 bits per heavy atom. The van der Waals surface area contributed by atoms with Gasteiger partial charge in [0.2, 0.25) is 0 Å². The molecule has 1 atom stereocenters. The number of nitrogens with zero attached hydrogens (tertiary/aromatic N) is 1. The van der Waals surface area contributed by atoms with Crippen LogP contribution in [0.1, 0.15) is 19.4 Å². The zero-order valence-electron chi connectivity index (χ0n) is 10.8. The molecule has 0 aliphatic carbocycles. The highest BCUT2D eigenvalue weighted by Crippen LogP contribution is 2.23. The molecule has 2 rings (SSSR count). The van der Waals surface area contributed by atoms with E-state index in [1.165, 1.54) is 11.0 Å². The maximum absolute atomic E-state index is 13.3. The molecule has 1 fully saturated rings. The van der Waals surface area contributed by atoms with Crippen molar-refractivity contribution >= 4 is 11.8 Å². The molecule has 1 unspecified atom stereocenters. The minimum absolute atomic E-state index is 0.226. The molecule has 0 aromatic heterocycles. The maximum atomic E-state index is 13.3. The molecule has 1 amide bonds. The Balaban J connectivity index is 0.000000771. The molecule has 1 heterocycles. The van der Waals surface area contributed by atoms with E-state index in [2.05, 4.69) is 0 Å². The van der Waals surface area contributed by atoms with Crippen molar-refractivity contribution in [1.82, 2.24) is 0 Å². The largest absolute Gasteiger partial charge is 0.441 e. The number of halogens is 1. The molecule has 1 saturated heterocycles. The van der Waals surface area contributed by atoms with E-state index in [0.717, 1.165) is 0 Å². The standard InChI is InChI=1S/C11H12FNO3.C2H6/c1-7-2-3-8(4-10(7)12)13-5-9(6-14)16-11(13)15;1-2/h2-4,9,14H,5-6H2,1H3;1-2H3. The first-order valence-electron chi connectivity index (χ1n) is 5.97. The number of aliphatic hydroxyl groups excluding tert-OH is 1. The summed E-state index contributed by atoms with van der Waals surface area (Å²) in [4.78, 5) is 12.7. The monoisotopic (exact) mass is 255 g/mol. The predicted molar refractivity (Wildman–Crippen MR) is 67.2 cm³/mol. The van der Waals surface area contributed by atoms with Crippen LogP contribution in [0.25, 0.3) is 0 Å². The van der Waals surface area contributed by atoms with Crippen molar-refractivity contribution in [1.29, 1.82) is 0 Å². The van der Waals surface area contributed by atoms with Crippen molar-refractivity contribution in [2.45, 2.75) is 26.9 Å². The number of cyclic esters (lactones) is 1. The summed E-state index contributed by atoms with van der Waals surface area (Å²) in [5.74, 6) is -0.363. The average molecular weight is 255 g/mol. The van der Waals surface area contributed by atoms with E-state index in [-0.39, 0.29) is 19.0 Å². The van der Waals surface area contributed by atoms with Crippen molar-refractivity contribution in [2.75, 3.05) is 18.1 Å². The summed E-state index contributed by atoms with van der Waals surface area (Å²) in [5.41, 5.74) is 0.971. The lowest BCUT2D eigenvalue weighted by Crippen LogP contribution is -2.25. The van der Waals surface area contributed by atoms with Crippen molar-refractivity contribution in [3.05, 3.63) is 29.6 Å². The van der Waals surface area contributed by atoms with E-state index in [1.807, 2.05) is 13.8 Å². The van der Waals surface area contributed by atoms with Crippen molar-refractivity contribution in [3.8, 4) is 0 Å². The zero-order valence-corrected chi connectivity index (χ0v) is 10.8. The fourth-order valence-electron chi connectivity index (χ4n) is 1.58. The van der Waals surface area contributed by atoms with Crippen LogP contribution in [0.4, 0.5) is 14.9 Å². The average Bonchev–Trinajstić information content (AvgIpc) is 2.77. The van der Waals surface area contributed by atoms with Crippen molar-refractivity contribution < 1.29 is 19.0 Å². The Morgan fingerprint density at radius 2 is 2.17 bits per heavy atom. The summed E-state index contributed by atoms with van der Waals surface area (Å²) in [6.07, 6.45) is -1.08. The highest BCUT2D eigenvalue weighted by Gasteiger charge is 2.31. The van der Waals surface area contributed by atoms with Crippen LogP contribution >= 0.6 is 0 Å². The fraction of sp³-hybridized carbons (Fsp3) is 0.462. The highest BCUT2D eigenvalue weighted by atomic mass is 19.1. The molecule has 0 radical (unpaired) electrons. The van der Waals surface area contributed by atoms with E-state index in [1.54, 1.807) is 19.1 Å². The van der Waals surface area contributed by atoms with Gasteiger partial charge in [0.15, 0.2) is 0 Å². The number of ether oxygens (including phenoxy) is 1. The Hall–Kier alpha value is -1.62. The predicted octanol–water partition coefficient (Wildman–Crippen LogP) is 2.48. The third-order valence-corrected chi connectivity index (χ3v) is 2.54. The molecule has 1 aromatic carbocycles. The van der Waals surface area contributed by atoms with Crippen LogP contribution in [-0.4, -0.2) is 30.5 Å². The Kier molecular flexibility index (Phi) is 5.09. The smallest absolute Gasteiger partial charge is 0.414 e. The Bertz CT molecular complexity index is 423. The van der Waals surface area contributed by atoms with Crippen LogP contribution in [0.3, 0.4) is 0 Å². The summed E-state index contributed by atoms with van der Waals surface area (Å²) >= 11 is 0. The van der Waals surface area contributed by atoms with E-state index in [4.69, 9.17) is 9.84 Å². The lowest BCUT2D eigenvalue weighted by Gasteiger charge is -2.13. The lowest BCUT2D eigenvalue weighted by molar-refractivity contribution is 0.0963. The number of carbonyl (C=O) groups is 1. The van der Waals surface area contributed by atoms with Gasteiger partial charge in [-0.3, -0.25) is 4.90 Å². The van der Waals surface area contributed by atoms with Gasteiger partial charge in [0.25, 0.3) is 0 Å². The van der Waals surface area contributed by atoms with Gasteiger partial charge >= 0.3 is 6.09 Å². The first-order valence-corrected chi connectivity index (χ1v) is 5.97. The number of hydrogen-bond acceptors (Lipinski definition) is 3. The van der Waals surface area contributed by atoms with Gasteiger partial charge in [-0.1, -0.05) is 19.9 Å². The number of carbonyl (C=O) groups excluding carboxylic acids is 1. The number of benzene rings is 1. The molecule has 0 spiro atoms. The molecule has 4 nitrogen and oxygen atoms in total. The number of amides is 1. The number of aryl methyl sites for hydroxylation is 1. The molecule has 0 saturated carbocycles. The number of anilines is 1. The third-order valence-electron chi connectivity index (χ3n) is 2.54. The van der Waals surface area contributed by atoms with Crippen LogP contribution in [-0.2, 0) is 4.74 Å². The second kappa shape index (κ2) is 6.35. The quantitative estimate of drug-likeness (QED) is 0.883. The first-order chi connectivity index (χ1) is 8.61. The van der Waals surface area contributed by atoms with Crippen LogP contribution in [0, 0.1) is 12.7 Å². The zero-order chi connectivity index (χ0) is 13.7. The van der Waals surface area contributed by atoms with Gasteiger partial charge < -0.3 is 9.84 Å². The van der Waals surface area contributed by atoms with Crippen LogP contribution < -0.4 is 4.90 Å². The van der Waals surface area contributed by atoms with Gasteiger partial charge in [0.1, 0.15) is 11.9 Å². The minimum Gasteiger partial charge on any atom is -0.441 e. The third kappa shape index (κ3) is 2.98. The van der Waals surface area contributed by atoms with Crippen LogP contribution in [0.15, 0.2) is 18.2 Å². The second-order valence-corrected chi connectivity index (χ2v) is 3.73. The SMILES string of the molecule is CC.Cc1ccc(N2CC(CO)OC2=O)cc1F. The molecule has 1 N–H and O–H groups in total. The Morgan fingerprint density at radius 3 is 2.67 bits per heavy atom. The molecule has 18 heavy (non-hydrogen) atoms. The number of aliphatic hydroxyl groups is 1. The number of hydrogen-bond donors (Lipinski definition) is 1. The molecule has 0 bridgehead atoms. The molecular formula is C13H18FNO3. The maximum Gasteiger partial charge on any atom is 0.414 e. The minimum atomic E-state index is -0.553. The van der Waals surface area contributed by atoms with Crippen molar-refractivity contribution in [2.24, 2.45) is 0 Å². The summed E-state index contributed by atoms with van der Waals surface area (Å²) in [6, 6.07) is 4.54. The highest BCUT2D eigenvalue weighted by molar-refractivity contribution is 5.89. The van der Waals surface area contributed by atoms with E-state index < -0.39 is 12.2 Å². The van der Waals surface area contributed by atoms with E-state index >= 15 is 0 Å². The topological polar surface area (TPSA) is 49.8 Å². The first kappa shape index (κ1) is 14.4. The summed E-state index contributed by atoms with van der Waals surface area (Å²) in [7, 11) is 0. The summed E-state index contributed by atoms with van der Waals surface area (Å²) in [6.45, 7) is 5.67. The normalized spacial score (nSPS) is 18.2. The van der Waals surface area contributed by atoms with Crippen molar-refractivity contribution in [3.63, 3.8) is 0 Å². The fourth-order valence-corrected chi connectivity index (χ4v) is 1.58. The van der Waals surface area contributed by atoms with Gasteiger partial charge in [0, 0.05) is 0 Å². The molecule has 100 valence electrons. The summed E-state index contributed by atoms with van der Waals surface area (Å²) < 4.78 is 18.2. The molecular weight excluding hydrogens is 237 g/mol. The second-order valence-electron chi connectivity index (χ2n) is 3.73. The van der Waals surface area contributed by atoms with E-state index in [0.29, 0.717) is 11.3 Å².